The number of nitrogens with one attached hydrogen (secondary N) is 1. The standard InChI is InChI=1S/C31H35FN6O4/c1-19-9-8-10-25(20(19)2)38(27(39)18-37-35-29(34-36-37)21-11-13-22(32)14-12-21)28(30(40)33-31(3,4)5)24-17-23(41-6)15-16-26(24)42-7/h8-17,28H,18H2,1-7H3,(H,33,40)/t28-/m0/s1. The number of amides is 2. The van der Waals surface area contributed by atoms with Crippen molar-refractivity contribution in [2.45, 2.75) is 52.7 Å². The molecule has 0 radical (unpaired) electrons. The van der Waals surface area contributed by atoms with Gasteiger partial charge in [-0.3, -0.25) is 14.5 Å². The number of carbonyl (C=O) groups is 2. The van der Waals surface area contributed by atoms with Gasteiger partial charge in [0.2, 0.25) is 11.7 Å². The molecule has 3 aromatic carbocycles. The van der Waals surface area contributed by atoms with E-state index in [1.807, 2.05) is 46.8 Å². The van der Waals surface area contributed by atoms with Gasteiger partial charge in [0.15, 0.2) is 0 Å². The normalized spacial score (nSPS) is 12.0. The quantitative estimate of drug-likeness (QED) is 0.306. The monoisotopic (exact) mass is 574 g/mol. The van der Waals surface area contributed by atoms with Crippen LogP contribution in [0.1, 0.15) is 43.5 Å². The van der Waals surface area contributed by atoms with E-state index in [0.717, 1.165) is 15.9 Å². The molecule has 1 heterocycles. The van der Waals surface area contributed by atoms with Crippen LogP contribution >= 0.6 is 0 Å². The van der Waals surface area contributed by atoms with Crippen LogP contribution in [-0.4, -0.2) is 51.8 Å². The number of halogens is 1. The van der Waals surface area contributed by atoms with E-state index < -0.39 is 29.2 Å². The number of tetrazole rings is 1. The summed E-state index contributed by atoms with van der Waals surface area (Å²) in [6, 6.07) is 15.2. The molecule has 0 fully saturated rings. The fraction of sp³-hybridized carbons (Fsp3) is 0.323. The maximum Gasteiger partial charge on any atom is 0.251 e. The van der Waals surface area contributed by atoms with Crippen LogP contribution in [0, 0.1) is 19.7 Å². The van der Waals surface area contributed by atoms with Crippen LogP contribution in [0.25, 0.3) is 11.4 Å². The number of hydrogen-bond donors (Lipinski definition) is 1. The Balaban J connectivity index is 1.86. The number of hydrogen-bond acceptors (Lipinski definition) is 7. The van der Waals surface area contributed by atoms with Gasteiger partial charge >= 0.3 is 0 Å². The van der Waals surface area contributed by atoms with E-state index >= 15 is 0 Å². The van der Waals surface area contributed by atoms with Gasteiger partial charge in [-0.25, -0.2) is 4.39 Å². The van der Waals surface area contributed by atoms with Crippen LogP contribution in [0.15, 0.2) is 60.7 Å². The molecule has 0 bridgehead atoms. The van der Waals surface area contributed by atoms with Crippen molar-refractivity contribution in [3.05, 3.63) is 83.2 Å². The Hall–Kier alpha value is -4.80. The first-order valence-corrected chi connectivity index (χ1v) is 13.4. The lowest BCUT2D eigenvalue weighted by atomic mass is 9.97. The molecule has 1 aromatic heterocycles. The van der Waals surface area contributed by atoms with Gasteiger partial charge in [-0.1, -0.05) is 12.1 Å². The lowest BCUT2D eigenvalue weighted by Gasteiger charge is -2.35. The van der Waals surface area contributed by atoms with E-state index in [1.165, 1.54) is 43.4 Å². The van der Waals surface area contributed by atoms with Gasteiger partial charge in [0.1, 0.15) is 29.9 Å². The molecule has 0 saturated carbocycles. The molecule has 0 aliphatic rings. The zero-order valence-electron chi connectivity index (χ0n) is 24.8. The van der Waals surface area contributed by atoms with E-state index in [0.29, 0.717) is 28.3 Å². The molecule has 0 saturated heterocycles. The first-order chi connectivity index (χ1) is 19.9. The molecule has 0 aliphatic carbocycles. The first kappa shape index (κ1) is 30.2. The topological polar surface area (TPSA) is 111 Å². The van der Waals surface area contributed by atoms with Crippen LogP contribution in [0.5, 0.6) is 11.5 Å². The first-order valence-electron chi connectivity index (χ1n) is 13.4. The zero-order valence-corrected chi connectivity index (χ0v) is 24.8. The molecule has 0 unspecified atom stereocenters. The zero-order chi connectivity index (χ0) is 30.6. The predicted molar refractivity (Wildman–Crippen MR) is 157 cm³/mol. The van der Waals surface area contributed by atoms with Crippen LogP contribution in [-0.2, 0) is 16.1 Å². The third-order valence-corrected chi connectivity index (χ3v) is 6.67. The Bertz CT molecular complexity index is 1580. The second-order valence-electron chi connectivity index (χ2n) is 10.9. The van der Waals surface area contributed by atoms with Crippen molar-refractivity contribution in [2.24, 2.45) is 0 Å². The largest absolute Gasteiger partial charge is 0.497 e. The molecular weight excluding hydrogens is 539 g/mol. The molecule has 0 aliphatic heterocycles. The van der Waals surface area contributed by atoms with Crippen molar-refractivity contribution in [1.82, 2.24) is 25.5 Å². The fourth-order valence-electron chi connectivity index (χ4n) is 4.52. The maximum absolute atomic E-state index is 14.3. The van der Waals surface area contributed by atoms with Crippen LogP contribution in [0.4, 0.5) is 10.1 Å². The third-order valence-electron chi connectivity index (χ3n) is 6.67. The highest BCUT2D eigenvalue weighted by atomic mass is 19.1. The molecule has 2 amide bonds. The number of benzene rings is 3. The molecule has 11 heteroatoms. The molecule has 10 nitrogen and oxygen atoms in total. The highest BCUT2D eigenvalue weighted by Gasteiger charge is 2.37. The number of aromatic nitrogens is 4. The van der Waals surface area contributed by atoms with E-state index in [1.54, 1.807) is 24.3 Å². The predicted octanol–water partition coefficient (Wildman–Crippen LogP) is 4.80. The van der Waals surface area contributed by atoms with Crippen molar-refractivity contribution in [3.8, 4) is 22.9 Å². The fourth-order valence-corrected chi connectivity index (χ4v) is 4.52. The summed E-state index contributed by atoms with van der Waals surface area (Å²) < 4.78 is 24.6. The van der Waals surface area contributed by atoms with Crippen molar-refractivity contribution in [3.63, 3.8) is 0 Å². The second-order valence-corrected chi connectivity index (χ2v) is 10.9. The Morgan fingerprint density at radius 1 is 1.02 bits per heavy atom. The minimum absolute atomic E-state index is 0.234. The number of rotatable bonds is 9. The smallest absolute Gasteiger partial charge is 0.251 e. The summed E-state index contributed by atoms with van der Waals surface area (Å²) in [5.74, 6) is -0.136. The molecule has 1 atom stereocenters. The molecule has 1 N–H and O–H groups in total. The van der Waals surface area contributed by atoms with E-state index in [4.69, 9.17) is 9.47 Å². The van der Waals surface area contributed by atoms with Gasteiger partial charge in [0.05, 0.1) is 14.2 Å². The minimum Gasteiger partial charge on any atom is -0.497 e. The molecular formula is C31H35FN6O4. The Morgan fingerprint density at radius 2 is 1.74 bits per heavy atom. The van der Waals surface area contributed by atoms with Gasteiger partial charge in [0.25, 0.3) is 5.91 Å². The number of nitrogens with zero attached hydrogens (tertiary/aromatic N) is 5. The van der Waals surface area contributed by atoms with Gasteiger partial charge in [-0.15, -0.1) is 10.2 Å². The summed E-state index contributed by atoms with van der Waals surface area (Å²) in [7, 11) is 3.03. The summed E-state index contributed by atoms with van der Waals surface area (Å²) in [5.41, 5.74) is 2.68. The average molecular weight is 575 g/mol. The van der Waals surface area contributed by atoms with Crippen molar-refractivity contribution >= 4 is 17.5 Å². The van der Waals surface area contributed by atoms with E-state index in [2.05, 4.69) is 20.7 Å². The lowest BCUT2D eigenvalue weighted by Crippen LogP contribution is -2.50. The maximum atomic E-state index is 14.3. The number of carbonyl (C=O) groups excluding carboxylic acids is 2. The number of ether oxygens (including phenoxy) is 2. The van der Waals surface area contributed by atoms with Gasteiger partial charge in [0, 0.05) is 22.4 Å². The highest BCUT2D eigenvalue weighted by Crippen LogP contribution is 2.38. The van der Waals surface area contributed by atoms with Gasteiger partial charge < -0.3 is 14.8 Å². The number of methoxy groups -OCH3 is 2. The number of anilines is 1. The summed E-state index contributed by atoms with van der Waals surface area (Å²) >= 11 is 0. The molecule has 220 valence electrons. The second kappa shape index (κ2) is 12.4. The lowest BCUT2D eigenvalue weighted by molar-refractivity contribution is -0.128. The molecule has 4 aromatic rings. The van der Waals surface area contributed by atoms with E-state index in [9.17, 15) is 14.0 Å². The highest BCUT2D eigenvalue weighted by molar-refractivity contribution is 6.02. The van der Waals surface area contributed by atoms with Crippen molar-refractivity contribution in [2.75, 3.05) is 19.1 Å². The van der Waals surface area contributed by atoms with E-state index in [-0.39, 0.29) is 12.4 Å². The summed E-state index contributed by atoms with van der Waals surface area (Å²) in [6.07, 6.45) is 0. The minimum atomic E-state index is -1.15. The molecule has 0 spiro atoms. The average Bonchev–Trinajstić information content (AvgIpc) is 3.40. The van der Waals surface area contributed by atoms with Crippen molar-refractivity contribution < 1.29 is 23.5 Å². The third kappa shape index (κ3) is 6.73. The van der Waals surface area contributed by atoms with Crippen molar-refractivity contribution in [1.29, 1.82) is 0 Å². The summed E-state index contributed by atoms with van der Waals surface area (Å²) in [6.45, 7) is 9.10. The summed E-state index contributed by atoms with van der Waals surface area (Å²) in [4.78, 5) is 31.0. The number of aryl methyl sites for hydroxylation is 1. The Labute approximate surface area is 244 Å². The summed E-state index contributed by atoms with van der Waals surface area (Å²) in [5, 5.41) is 15.5. The van der Waals surface area contributed by atoms with Gasteiger partial charge in [-0.2, -0.15) is 4.80 Å². The van der Waals surface area contributed by atoms with Crippen LogP contribution in [0.2, 0.25) is 0 Å². The van der Waals surface area contributed by atoms with Crippen LogP contribution < -0.4 is 19.7 Å². The Morgan fingerprint density at radius 3 is 2.38 bits per heavy atom. The SMILES string of the molecule is COc1ccc(OC)c([C@@H](C(=O)NC(C)(C)C)N(C(=O)Cn2nnc(-c3ccc(F)cc3)n2)c2cccc(C)c2C)c1. The van der Waals surface area contributed by atoms with Crippen LogP contribution in [0.3, 0.4) is 0 Å². The Kier molecular flexibility index (Phi) is 8.89. The molecule has 4 rings (SSSR count). The molecule has 42 heavy (non-hydrogen) atoms. The van der Waals surface area contributed by atoms with Gasteiger partial charge in [-0.05, 0) is 99.5 Å².